The fraction of sp³-hybridized carbons (Fsp3) is 1.00. The molecule has 5 heteroatoms. The first-order valence-corrected chi connectivity index (χ1v) is 5.84. The second kappa shape index (κ2) is 5.50. The van der Waals surface area contributed by atoms with Crippen molar-refractivity contribution >= 4 is 10.0 Å². The normalized spacial score (nSPS) is 12.3. The molecule has 0 spiro atoms. The van der Waals surface area contributed by atoms with E-state index in [-0.39, 0.29) is 5.75 Å². The Morgan fingerprint density at radius 3 is 2.08 bits per heavy atom. The van der Waals surface area contributed by atoms with E-state index in [1.54, 1.807) is 0 Å². The lowest BCUT2D eigenvalue weighted by atomic mass is 10.4. The van der Waals surface area contributed by atoms with E-state index >= 15 is 0 Å². The standard InChI is InChI=1S/C7H17N2O2S/c1-3-9(4-2)6-5-7-12(8,10)11/h8H,3-7H2,1-2H3. The Kier molecular flexibility index (Phi) is 5.44. The van der Waals surface area contributed by atoms with Gasteiger partial charge in [0.05, 0.1) is 5.75 Å². The fourth-order valence-electron chi connectivity index (χ4n) is 1.02. The van der Waals surface area contributed by atoms with Gasteiger partial charge < -0.3 is 4.90 Å². The molecule has 0 aromatic rings. The van der Waals surface area contributed by atoms with E-state index in [1.807, 2.05) is 13.8 Å². The number of sulfonamides is 1. The predicted octanol–water partition coefficient (Wildman–Crippen LogP) is 0.331. The minimum Gasteiger partial charge on any atom is -0.304 e. The van der Waals surface area contributed by atoms with Gasteiger partial charge in [-0.2, -0.15) is 0 Å². The van der Waals surface area contributed by atoms with Gasteiger partial charge in [0.25, 0.3) is 0 Å². The molecule has 4 nitrogen and oxygen atoms in total. The van der Waals surface area contributed by atoms with Crippen LogP contribution in [0.3, 0.4) is 0 Å². The lowest BCUT2D eigenvalue weighted by molar-refractivity contribution is 0.305. The summed E-state index contributed by atoms with van der Waals surface area (Å²) in [7, 11) is -3.51. The van der Waals surface area contributed by atoms with Crippen molar-refractivity contribution in [2.45, 2.75) is 20.3 Å². The molecule has 0 saturated carbocycles. The van der Waals surface area contributed by atoms with Gasteiger partial charge in [-0.3, -0.25) is 0 Å². The number of hydrogen-bond acceptors (Lipinski definition) is 3. The van der Waals surface area contributed by atoms with Crippen LogP contribution < -0.4 is 5.14 Å². The van der Waals surface area contributed by atoms with E-state index in [4.69, 9.17) is 5.14 Å². The average molecular weight is 193 g/mol. The molecule has 0 aromatic heterocycles. The number of hydrogen-bond donors (Lipinski definition) is 0. The van der Waals surface area contributed by atoms with Crippen LogP contribution in [0.2, 0.25) is 0 Å². The molecule has 0 rings (SSSR count). The summed E-state index contributed by atoms with van der Waals surface area (Å²) in [5.74, 6) is -0.0243. The van der Waals surface area contributed by atoms with E-state index in [0.29, 0.717) is 6.42 Å². The summed E-state index contributed by atoms with van der Waals surface area (Å²) in [4.78, 5) is 2.14. The molecule has 0 fully saturated rings. The van der Waals surface area contributed by atoms with Crippen LogP contribution in [-0.2, 0) is 10.0 Å². The summed E-state index contributed by atoms with van der Waals surface area (Å²) in [6, 6.07) is 0. The van der Waals surface area contributed by atoms with Crippen LogP contribution in [0.5, 0.6) is 0 Å². The van der Waals surface area contributed by atoms with Gasteiger partial charge in [0.2, 0.25) is 10.0 Å². The highest BCUT2D eigenvalue weighted by Gasteiger charge is 2.04. The van der Waals surface area contributed by atoms with Crippen LogP contribution in [0.4, 0.5) is 0 Å². The maximum atomic E-state index is 10.4. The monoisotopic (exact) mass is 193 g/mol. The van der Waals surface area contributed by atoms with Gasteiger partial charge in [0.1, 0.15) is 0 Å². The Labute approximate surface area is 74.8 Å². The first-order valence-electron chi connectivity index (χ1n) is 4.19. The Balaban J connectivity index is 3.55. The third kappa shape index (κ3) is 6.57. The summed E-state index contributed by atoms with van der Waals surface area (Å²) in [5.41, 5.74) is 0. The van der Waals surface area contributed by atoms with E-state index < -0.39 is 10.0 Å². The molecule has 0 heterocycles. The van der Waals surface area contributed by atoms with Crippen molar-refractivity contribution in [1.29, 1.82) is 0 Å². The van der Waals surface area contributed by atoms with Crippen LogP contribution in [0.1, 0.15) is 20.3 Å². The van der Waals surface area contributed by atoms with Crippen molar-refractivity contribution in [2.75, 3.05) is 25.4 Å². The van der Waals surface area contributed by atoms with E-state index in [0.717, 1.165) is 19.6 Å². The second-order valence-electron chi connectivity index (χ2n) is 2.70. The highest BCUT2D eigenvalue weighted by atomic mass is 32.2. The molecule has 0 aliphatic heterocycles. The average Bonchev–Trinajstić information content (AvgIpc) is 1.96. The summed E-state index contributed by atoms with van der Waals surface area (Å²) in [6.07, 6.45) is 0.563. The van der Waals surface area contributed by atoms with Crippen LogP contribution in [-0.4, -0.2) is 38.7 Å². The van der Waals surface area contributed by atoms with E-state index in [2.05, 4.69) is 4.90 Å². The Hall–Kier alpha value is -0.130. The van der Waals surface area contributed by atoms with Crippen LogP contribution >= 0.6 is 0 Å². The van der Waals surface area contributed by atoms with Crippen LogP contribution in [0.25, 0.3) is 0 Å². The fourth-order valence-corrected chi connectivity index (χ4v) is 1.53. The number of nitrogens with zero attached hydrogens (tertiary/aromatic N) is 1. The maximum Gasteiger partial charge on any atom is 0.225 e. The number of nitrogens with one attached hydrogen (secondary N) is 1. The third-order valence-electron chi connectivity index (χ3n) is 1.78. The highest BCUT2D eigenvalue weighted by Crippen LogP contribution is 1.93. The molecular weight excluding hydrogens is 176 g/mol. The Bertz CT molecular complexity index is 197. The molecule has 0 aliphatic rings. The summed E-state index contributed by atoms with van der Waals surface area (Å²) >= 11 is 0. The largest absolute Gasteiger partial charge is 0.304 e. The van der Waals surface area contributed by atoms with Crippen molar-refractivity contribution in [1.82, 2.24) is 10.0 Å². The lowest BCUT2D eigenvalue weighted by Crippen LogP contribution is -2.25. The smallest absolute Gasteiger partial charge is 0.225 e. The van der Waals surface area contributed by atoms with E-state index in [1.165, 1.54) is 0 Å². The molecule has 0 saturated heterocycles. The molecule has 12 heavy (non-hydrogen) atoms. The minimum atomic E-state index is -3.51. The number of rotatable bonds is 6. The van der Waals surface area contributed by atoms with E-state index in [9.17, 15) is 8.42 Å². The molecule has 1 N–H and O–H groups in total. The molecule has 0 aliphatic carbocycles. The molecule has 0 aromatic carbocycles. The highest BCUT2D eigenvalue weighted by molar-refractivity contribution is 7.88. The molecule has 0 atom stereocenters. The van der Waals surface area contributed by atoms with Crippen LogP contribution in [0, 0.1) is 0 Å². The zero-order valence-electron chi connectivity index (χ0n) is 7.71. The summed E-state index contributed by atoms with van der Waals surface area (Å²) in [5, 5.41) is 6.64. The van der Waals surface area contributed by atoms with Gasteiger partial charge in [-0.05, 0) is 26.1 Å². The Morgan fingerprint density at radius 1 is 1.25 bits per heavy atom. The zero-order chi connectivity index (χ0) is 9.61. The molecular formula is C7H17N2O2S. The second-order valence-corrected chi connectivity index (χ2v) is 4.34. The Morgan fingerprint density at radius 2 is 1.75 bits per heavy atom. The van der Waals surface area contributed by atoms with Crippen molar-refractivity contribution in [3.8, 4) is 0 Å². The molecule has 1 radical (unpaired) electrons. The van der Waals surface area contributed by atoms with Crippen molar-refractivity contribution < 1.29 is 8.42 Å². The van der Waals surface area contributed by atoms with Gasteiger partial charge in [-0.25, -0.2) is 8.42 Å². The molecule has 0 amide bonds. The van der Waals surface area contributed by atoms with Crippen molar-refractivity contribution in [3.63, 3.8) is 0 Å². The SMILES string of the molecule is CCN(CC)CCCS([NH])(=O)=O. The molecule has 73 valence electrons. The molecule has 0 unspecified atom stereocenters. The van der Waals surface area contributed by atoms with Crippen molar-refractivity contribution in [3.05, 3.63) is 0 Å². The third-order valence-corrected chi connectivity index (χ3v) is 2.61. The van der Waals surface area contributed by atoms with Gasteiger partial charge in [0.15, 0.2) is 0 Å². The van der Waals surface area contributed by atoms with Gasteiger partial charge in [-0.1, -0.05) is 13.8 Å². The first kappa shape index (κ1) is 11.9. The minimum absolute atomic E-state index is 0.0243. The van der Waals surface area contributed by atoms with Gasteiger partial charge in [0, 0.05) is 0 Å². The zero-order valence-corrected chi connectivity index (χ0v) is 8.52. The predicted molar refractivity (Wildman–Crippen MR) is 49.3 cm³/mol. The van der Waals surface area contributed by atoms with Gasteiger partial charge >= 0.3 is 0 Å². The summed E-state index contributed by atoms with van der Waals surface area (Å²) < 4.78 is 20.9. The lowest BCUT2D eigenvalue weighted by Gasteiger charge is -2.16. The topological polar surface area (TPSA) is 61.2 Å². The van der Waals surface area contributed by atoms with Crippen LogP contribution in [0.15, 0.2) is 0 Å². The first-order chi connectivity index (χ1) is 5.49. The van der Waals surface area contributed by atoms with Gasteiger partial charge in [-0.15, -0.1) is 5.14 Å². The quantitative estimate of drug-likeness (QED) is 0.610. The summed E-state index contributed by atoms with van der Waals surface area (Å²) in [6.45, 7) is 6.73. The maximum absolute atomic E-state index is 10.4. The van der Waals surface area contributed by atoms with Crippen molar-refractivity contribution in [2.24, 2.45) is 0 Å². The molecule has 0 bridgehead atoms.